The van der Waals surface area contributed by atoms with Crippen molar-refractivity contribution in [1.29, 1.82) is 0 Å². The Labute approximate surface area is 115 Å². The van der Waals surface area contributed by atoms with Crippen molar-refractivity contribution in [3.63, 3.8) is 0 Å². The van der Waals surface area contributed by atoms with Gasteiger partial charge in [0.05, 0.1) is 13.7 Å². The van der Waals surface area contributed by atoms with E-state index in [2.05, 4.69) is 17.0 Å². The molecule has 1 saturated heterocycles. The van der Waals surface area contributed by atoms with Crippen molar-refractivity contribution in [2.75, 3.05) is 40.0 Å². The van der Waals surface area contributed by atoms with Crippen LogP contribution in [0.5, 0.6) is 5.75 Å². The first-order valence-corrected chi connectivity index (χ1v) is 6.94. The summed E-state index contributed by atoms with van der Waals surface area (Å²) < 4.78 is 10.7. The van der Waals surface area contributed by atoms with Crippen LogP contribution in [0.1, 0.15) is 18.4 Å². The van der Waals surface area contributed by atoms with E-state index in [-0.39, 0.29) is 6.04 Å². The molecule has 4 nitrogen and oxygen atoms in total. The van der Waals surface area contributed by atoms with Gasteiger partial charge in [0.25, 0.3) is 0 Å². The summed E-state index contributed by atoms with van der Waals surface area (Å²) in [7, 11) is 1.70. The van der Waals surface area contributed by atoms with Gasteiger partial charge in [0.2, 0.25) is 0 Å². The van der Waals surface area contributed by atoms with Gasteiger partial charge in [-0.25, -0.2) is 0 Å². The molecule has 1 aromatic rings. The van der Waals surface area contributed by atoms with Gasteiger partial charge in [0.1, 0.15) is 5.75 Å². The molecule has 0 unspecified atom stereocenters. The molecule has 0 radical (unpaired) electrons. The number of nitrogens with two attached hydrogens (primary N) is 1. The fourth-order valence-electron chi connectivity index (χ4n) is 2.66. The Morgan fingerprint density at radius 1 is 1.37 bits per heavy atom. The minimum atomic E-state index is 0.189. The maximum Gasteiger partial charge on any atom is 0.119 e. The zero-order chi connectivity index (χ0) is 13.7. The van der Waals surface area contributed by atoms with E-state index < -0.39 is 0 Å². The highest BCUT2D eigenvalue weighted by Crippen LogP contribution is 2.28. The molecule has 0 aliphatic carbocycles. The number of likely N-dealkylation sites (tertiary alicyclic amines) is 1. The summed E-state index contributed by atoms with van der Waals surface area (Å²) in [5.74, 6) is 1.29. The number of hydrogen-bond acceptors (Lipinski definition) is 4. The summed E-state index contributed by atoms with van der Waals surface area (Å²) in [6.07, 6.45) is 0. The smallest absolute Gasteiger partial charge is 0.119 e. The summed E-state index contributed by atoms with van der Waals surface area (Å²) in [5, 5.41) is 0. The van der Waals surface area contributed by atoms with E-state index in [1.165, 1.54) is 5.56 Å². The molecule has 0 spiro atoms. The number of ether oxygens (including phenoxy) is 2. The first-order chi connectivity index (χ1) is 9.24. The monoisotopic (exact) mass is 264 g/mol. The predicted octanol–water partition coefficient (Wildman–Crippen LogP) is 1.46. The average Bonchev–Trinajstić information content (AvgIpc) is 2.80. The summed E-state index contributed by atoms with van der Waals surface area (Å²) >= 11 is 0. The van der Waals surface area contributed by atoms with Crippen LogP contribution < -0.4 is 10.5 Å². The Balaban J connectivity index is 1.96. The van der Waals surface area contributed by atoms with E-state index in [1.54, 1.807) is 7.11 Å². The topological polar surface area (TPSA) is 47.7 Å². The van der Waals surface area contributed by atoms with E-state index in [9.17, 15) is 0 Å². The molecule has 1 aliphatic heterocycles. The average molecular weight is 264 g/mol. The van der Waals surface area contributed by atoms with E-state index in [0.29, 0.717) is 5.92 Å². The third kappa shape index (κ3) is 3.69. The molecule has 4 heteroatoms. The lowest BCUT2D eigenvalue weighted by molar-refractivity contribution is 0.121. The zero-order valence-electron chi connectivity index (χ0n) is 11.8. The highest BCUT2D eigenvalue weighted by Gasteiger charge is 2.31. The highest BCUT2D eigenvalue weighted by molar-refractivity contribution is 5.32. The summed E-state index contributed by atoms with van der Waals surface area (Å²) in [6.45, 7) is 6.49. The molecular formula is C15H24N2O2. The molecule has 0 bridgehead atoms. The van der Waals surface area contributed by atoms with Gasteiger partial charge in [-0.15, -0.1) is 0 Å². The van der Waals surface area contributed by atoms with Crippen molar-refractivity contribution < 1.29 is 9.47 Å². The van der Waals surface area contributed by atoms with Gasteiger partial charge in [-0.05, 0) is 24.6 Å². The van der Waals surface area contributed by atoms with Gasteiger partial charge >= 0.3 is 0 Å². The Kier molecular flexibility index (Phi) is 5.19. The van der Waals surface area contributed by atoms with Gasteiger partial charge in [0, 0.05) is 38.2 Å². The minimum absolute atomic E-state index is 0.189. The quantitative estimate of drug-likeness (QED) is 0.790. The van der Waals surface area contributed by atoms with Crippen LogP contribution in [-0.2, 0) is 4.74 Å². The van der Waals surface area contributed by atoms with Crippen molar-refractivity contribution >= 4 is 0 Å². The van der Waals surface area contributed by atoms with E-state index >= 15 is 0 Å². The first-order valence-electron chi connectivity index (χ1n) is 6.94. The van der Waals surface area contributed by atoms with Crippen LogP contribution >= 0.6 is 0 Å². The molecule has 0 aromatic heterocycles. The fourth-order valence-corrected chi connectivity index (χ4v) is 2.66. The maximum absolute atomic E-state index is 6.27. The molecule has 2 N–H and O–H groups in total. The molecule has 1 fully saturated rings. The number of methoxy groups -OCH3 is 1. The number of benzene rings is 1. The van der Waals surface area contributed by atoms with Crippen LogP contribution in [0.25, 0.3) is 0 Å². The van der Waals surface area contributed by atoms with Crippen LogP contribution in [0.15, 0.2) is 24.3 Å². The Bertz CT molecular complexity index is 397. The molecule has 106 valence electrons. The molecule has 0 amide bonds. The molecule has 1 aliphatic rings. The Morgan fingerprint density at radius 3 is 2.95 bits per heavy atom. The van der Waals surface area contributed by atoms with Crippen molar-refractivity contribution in [2.45, 2.75) is 18.9 Å². The SMILES string of the molecule is CCOCCN1C[C@H](c2cccc(OC)c2)[C@@H](N)C1. The van der Waals surface area contributed by atoms with E-state index in [4.69, 9.17) is 15.2 Å². The van der Waals surface area contributed by atoms with Gasteiger partial charge in [-0.2, -0.15) is 0 Å². The fraction of sp³-hybridized carbons (Fsp3) is 0.600. The third-order valence-corrected chi connectivity index (χ3v) is 3.72. The normalized spacial score (nSPS) is 23.7. The van der Waals surface area contributed by atoms with E-state index in [1.807, 2.05) is 19.1 Å². The number of hydrogen-bond donors (Lipinski definition) is 1. The largest absolute Gasteiger partial charge is 0.497 e. The first kappa shape index (κ1) is 14.3. The van der Waals surface area contributed by atoms with Gasteiger partial charge in [-0.3, -0.25) is 4.90 Å². The standard InChI is InChI=1S/C15H24N2O2/c1-3-19-8-7-17-10-14(15(16)11-17)12-5-4-6-13(9-12)18-2/h4-6,9,14-15H,3,7-8,10-11,16H2,1-2H3/t14-,15+/m1/s1. The molecule has 0 saturated carbocycles. The second kappa shape index (κ2) is 6.89. The second-order valence-electron chi connectivity index (χ2n) is 5.00. The van der Waals surface area contributed by atoms with Crippen molar-refractivity contribution in [3.05, 3.63) is 29.8 Å². The maximum atomic E-state index is 6.27. The van der Waals surface area contributed by atoms with Crippen LogP contribution in [0.2, 0.25) is 0 Å². The zero-order valence-corrected chi connectivity index (χ0v) is 11.8. The van der Waals surface area contributed by atoms with Gasteiger partial charge in [0.15, 0.2) is 0 Å². The molecule has 1 heterocycles. The van der Waals surface area contributed by atoms with E-state index in [0.717, 1.165) is 38.6 Å². The van der Waals surface area contributed by atoms with Crippen molar-refractivity contribution in [2.24, 2.45) is 5.73 Å². The lowest BCUT2D eigenvalue weighted by atomic mass is 9.95. The lowest BCUT2D eigenvalue weighted by Gasteiger charge is -2.16. The summed E-state index contributed by atoms with van der Waals surface area (Å²) in [4.78, 5) is 2.38. The summed E-state index contributed by atoms with van der Waals surface area (Å²) in [6, 6.07) is 8.42. The highest BCUT2D eigenvalue weighted by atomic mass is 16.5. The van der Waals surface area contributed by atoms with Crippen LogP contribution in [0.3, 0.4) is 0 Å². The third-order valence-electron chi connectivity index (χ3n) is 3.72. The minimum Gasteiger partial charge on any atom is -0.497 e. The number of nitrogens with zero attached hydrogens (tertiary/aromatic N) is 1. The Morgan fingerprint density at radius 2 is 2.21 bits per heavy atom. The molecule has 19 heavy (non-hydrogen) atoms. The van der Waals surface area contributed by atoms with Crippen LogP contribution in [0, 0.1) is 0 Å². The van der Waals surface area contributed by atoms with Crippen molar-refractivity contribution in [1.82, 2.24) is 4.90 Å². The summed E-state index contributed by atoms with van der Waals surface area (Å²) in [5.41, 5.74) is 7.54. The predicted molar refractivity (Wildman–Crippen MR) is 76.6 cm³/mol. The lowest BCUT2D eigenvalue weighted by Crippen LogP contribution is -2.30. The molecular weight excluding hydrogens is 240 g/mol. The second-order valence-corrected chi connectivity index (χ2v) is 5.00. The molecule has 2 atom stereocenters. The van der Waals surface area contributed by atoms with Gasteiger partial charge < -0.3 is 15.2 Å². The number of rotatable bonds is 6. The van der Waals surface area contributed by atoms with Crippen molar-refractivity contribution in [3.8, 4) is 5.75 Å². The van der Waals surface area contributed by atoms with Gasteiger partial charge in [-0.1, -0.05) is 12.1 Å². The van der Waals surface area contributed by atoms with Crippen LogP contribution in [0.4, 0.5) is 0 Å². The van der Waals surface area contributed by atoms with Crippen LogP contribution in [-0.4, -0.2) is 50.9 Å². The molecule has 2 rings (SSSR count). The Hall–Kier alpha value is -1.10. The molecule has 1 aromatic carbocycles.